The molecule has 1 amide bonds. The number of ether oxygens (including phenoxy) is 2. The van der Waals surface area contributed by atoms with Gasteiger partial charge in [0.1, 0.15) is 18.0 Å². The fourth-order valence-corrected chi connectivity index (χ4v) is 5.06. The minimum atomic E-state index is -3.83. The second-order valence-corrected chi connectivity index (χ2v) is 10.7. The molecule has 192 valence electrons. The van der Waals surface area contributed by atoms with Gasteiger partial charge in [0.2, 0.25) is 10.0 Å². The predicted molar refractivity (Wildman–Crippen MR) is 143 cm³/mol. The van der Waals surface area contributed by atoms with Gasteiger partial charge in [0, 0.05) is 38.8 Å². The van der Waals surface area contributed by atoms with Crippen LogP contribution < -0.4 is 19.2 Å². The van der Waals surface area contributed by atoms with Crippen LogP contribution in [0.5, 0.6) is 11.5 Å². The van der Waals surface area contributed by atoms with Gasteiger partial charge in [-0.3, -0.25) is 9.10 Å². The largest absolute Gasteiger partial charge is 0.497 e. The van der Waals surface area contributed by atoms with Gasteiger partial charge in [-0.05, 0) is 50.2 Å². The van der Waals surface area contributed by atoms with Crippen molar-refractivity contribution in [2.75, 3.05) is 31.3 Å². The van der Waals surface area contributed by atoms with Crippen LogP contribution in [0.25, 0.3) is 5.69 Å². The number of nitrogens with one attached hydrogen (secondary N) is 1. The predicted octanol–water partition coefficient (Wildman–Crippen LogP) is 4.33. The first-order valence-corrected chi connectivity index (χ1v) is 13.2. The van der Waals surface area contributed by atoms with E-state index in [0.29, 0.717) is 15.8 Å². The number of halogens is 2. The highest BCUT2D eigenvalue weighted by atomic mass is 35.5. The third-order valence-electron chi connectivity index (χ3n) is 5.31. The fraction of sp³-hybridized carbons (Fsp3) is 0.250. The first-order chi connectivity index (χ1) is 16.9. The average Bonchev–Trinajstić information content (AvgIpc) is 3.08. The lowest BCUT2D eigenvalue weighted by Crippen LogP contribution is -2.39. The van der Waals surface area contributed by atoms with E-state index in [9.17, 15) is 13.2 Å². The summed E-state index contributed by atoms with van der Waals surface area (Å²) in [4.78, 5) is 12.6. The van der Waals surface area contributed by atoms with Gasteiger partial charge in [-0.1, -0.05) is 23.2 Å². The van der Waals surface area contributed by atoms with Gasteiger partial charge in [0.15, 0.2) is 0 Å². The summed E-state index contributed by atoms with van der Waals surface area (Å²) in [7, 11) is -0.974. The van der Waals surface area contributed by atoms with E-state index in [1.165, 1.54) is 26.5 Å². The summed E-state index contributed by atoms with van der Waals surface area (Å²) in [5.74, 6) is 0.0392. The normalized spacial score (nSPS) is 11.5. The Bertz CT molecular complexity index is 1400. The van der Waals surface area contributed by atoms with Crippen molar-refractivity contribution in [2.45, 2.75) is 13.8 Å². The quantitative estimate of drug-likeness (QED) is 0.314. The number of anilines is 1. The Morgan fingerprint density at radius 1 is 1.08 bits per heavy atom. The molecule has 36 heavy (non-hydrogen) atoms. The van der Waals surface area contributed by atoms with Crippen LogP contribution in [0.2, 0.25) is 10.0 Å². The number of hydrogen-bond donors (Lipinski definition) is 1. The Labute approximate surface area is 220 Å². The van der Waals surface area contributed by atoms with Crippen LogP contribution in [0.15, 0.2) is 47.6 Å². The van der Waals surface area contributed by atoms with Crippen LogP contribution in [-0.4, -0.2) is 52.1 Å². The molecule has 0 atom stereocenters. The summed E-state index contributed by atoms with van der Waals surface area (Å²) < 4.78 is 38.3. The molecule has 3 aromatic rings. The molecule has 1 N–H and O–H groups in total. The lowest BCUT2D eigenvalue weighted by Gasteiger charge is -2.23. The molecule has 3 rings (SSSR count). The summed E-state index contributed by atoms with van der Waals surface area (Å²) >= 11 is 12.3. The molecule has 2 aromatic carbocycles. The highest BCUT2D eigenvalue weighted by molar-refractivity contribution is 7.92. The molecule has 0 saturated heterocycles. The molecular formula is C24H26Cl2N4O5S. The van der Waals surface area contributed by atoms with Crippen molar-refractivity contribution in [3.63, 3.8) is 0 Å². The molecule has 1 heterocycles. The van der Waals surface area contributed by atoms with Crippen LogP contribution in [0.3, 0.4) is 0 Å². The summed E-state index contributed by atoms with van der Waals surface area (Å²) in [6, 6.07) is 11.8. The number of carbonyl (C=O) groups excluding carboxylic acids is 1. The van der Waals surface area contributed by atoms with E-state index in [4.69, 9.17) is 32.7 Å². The molecule has 0 bridgehead atoms. The van der Waals surface area contributed by atoms with Gasteiger partial charge in [0.25, 0.3) is 5.91 Å². The van der Waals surface area contributed by atoms with Crippen molar-refractivity contribution in [1.29, 1.82) is 0 Å². The summed E-state index contributed by atoms with van der Waals surface area (Å²) in [5, 5.41) is 5.04. The molecule has 0 radical (unpaired) electrons. The molecule has 0 saturated carbocycles. The monoisotopic (exact) mass is 552 g/mol. The topological polar surface area (TPSA) is 102 Å². The highest BCUT2D eigenvalue weighted by Gasteiger charge is 2.24. The lowest BCUT2D eigenvalue weighted by molar-refractivity contribution is -0.119. The SMILES string of the molecule is COc1ccc(OC)c(N(CC(=O)N/N=C\c2cc(C)n(-c3cc(Cl)cc(Cl)c3)c2C)S(C)(=O)=O)c1. The summed E-state index contributed by atoms with van der Waals surface area (Å²) in [5.41, 5.74) is 5.85. The van der Waals surface area contributed by atoms with Gasteiger partial charge < -0.3 is 14.0 Å². The summed E-state index contributed by atoms with van der Waals surface area (Å²) in [6.07, 6.45) is 2.49. The number of amides is 1. The van der Waals surface area contributed by atoms with Crippen LogP contribution in [0.4, 0.5) is 5.69 Å². The Kier molecular flexibility index (Phi) is 8.55. The van der Waals surface area contributed by atoms with E-state index in [-0.39, 0.29) is 11.4 Å². The van der Waals surface area contributed by atoms with Crippen LogP contribution in [-0.2, 0) is 14.8 Å². The van der Waals surface area contributed by atoms with E-state index in [1.807, 2.05) is 24.5 Å². The Balaban J connectivity index is 1.81. The maximum absolute atomic E-state index is 12.6. The third kappa shape index (κ3) is 6.31. The molecule has 0 aliphatic heterocycles. The Hall–Kier alpha value is -3.21. The molecule has 12 heteroatoms. The number of benzene rings is 2. The second-order valence-electron chi connectivity index (χ2n) is 7.89. The average molecular weight is 553 g/mol. The van der Waals surface area contributed by atoms with Crippen molar-refractivity contribution in [3.8, 4) is 17.2 Å². The number of aryl methyl sites for hydroxylation is 1. The molecule has 0 unspecified atom stereocenters. The molecule has 0 aliphatic carbocycles. The number of rotatable bonds is 9. The standard InChI is InChI=1S/C24H26Cl2N4O5S/c1-15-8-17(16(2)30(15)20-10-18(25)9-19(26)11-20)13-27-28-24(31)14-29(36(5,32)33)22-12-21(34-3)6-7-23(22)35-4/h6-13H,14H2,1-5H3,(H,28,31)/b27-13-. The zero-order chi connectivity index (χ0) is 26.6. The Morgan fingerprint density at radius 3 is 2.33 bits per heavy atom. The second kappa shape index (κ2) is 11.2. The van der Waals surface area contributed by atoms with Crippen LogP contribution in [0.1, 0.15) is 17.0 Å². The van der Waals surface area contributed by atoms with E-state index in [1.54, 1.807) is 30.3 Å². The molecule has 1 aromatic heterocycles. The maximum atomic E-state index is 12.6. The first-order valence-electron chi connectivity index (χ1n) is 10.6. The summed E-state index contributed by atoms with van der Waals surface area (Å²) in [6.45, 7) is 3.30. The third-order valence-corrected chi connectivity index (χ3v) is 6.87. The number of hydrogen-bond acceptors (Lipinski definition) is 6. The molecule has 0 aliphatic rings. The maximum Gasteiger partial charge on any atom is 0.260 e. The van der Waals surface area contributed by atoms with Crippen molar-refractivity contribution < 1.29 is 22.7 Å². The van der Waals surface area contributed by atoms with Crippen LogP contribution in [0, 0.1) is 13.8 Å². The minimum Gasteiger partial charge on any atom is -0.497 e. The molecule has 0 fully saturated rings. The highest BCUT2D eigenvalue weighted by Crippen LogP contribution is 2.33. The van der Waals surface area contributed by atoms with Gasteiger partial charge in [0.05, 0.1) is 32.4 Å². The number of methoxy groups -OCH3 is 2. The molecule has 9 nitrogen and oxygen atoms in total. The minimum absolute atomic E-state index is 0.169. The van der Waals surface area contributed by atoms with Crippen molar-refractivity contribution >= 4 is 51.0 Å². The van der Waals surface area contributed by atoms with Crippen molar-refractivity contribution in [2.24, 2.45) is 5.10 Å². The number of nitrogens with zero attached hydrogens (tertiary/aromatic N) is 3. The molecular weight excluding hydrogens is 527 g/mol. The van der Waals surface area contributed by atoms with E-state index >= 15 is 0 Å². The first kappa shape index (κ1) is 27.4. The Morgan fingerprint density at radius 2 is 1.75 bits per heavy atom. The number of carbonyl (C=O) groups is 1. The van der Waals surface area contributed by atoms with Gasteiger partial charge >= 0.3 is 0 Å². The van der Waals surface area contributed by atoms with Gasteiger partial charge in [-0.15, -0.1) is 0 Å². The smallest absolute Gasteiger partial charge is 0.260 e. The van der Waals surface area contributed by atoms with E-state index in [2.05, 4.69) is 10.5 Å². The van der Waals surface area contributed by atoms with E-state index < -0.39 is 22.5 Å². The molecule has 0 spiro atoms. The lowest BCUT2D eigenvalue weighted by atomic mass is 10.2. The zero-order valence-electron chi connectivity index (χ0n) is 20.4. The van der Waals surface area contributed by atoms with Crippen LogP contribution >= 0.6 is 23.2 Å². The number of hydrazone groups is 1. The zero-order valence-corrected chi connectivity index (χ0v) is 22.7. The van der Waals surface area contributed by atoms with Gasteiger partial charge in [-0.25, -0.2) is 13.8 Å². The van der Waals surface area contributed by atoms with Crippen molar-refractivity contribution in [1.82, 2.24) is 9.99 Å². The number of sulfonamides is 1. The van der Waals surface area contributed by atoms with Gasteiger partial charge in [-0.2, -0.15) is 5.10 Å². The fourth-order valence-electron chi connectivity index (χ4n) is 3.70. The van der Waals surface area contributed by atoms with E-state index in [0.717, 1.165) is 33.2 Å². The van der Waals surface area contributed by atoms with Crippen molar-refractivity contribution in [3.05, 3.63) is 69.5 Å². The number of aromatic nitrogens is 1.